The van der Waals surface area contributed by atoms with Gasteiger partial charge in [0.2, 0.25) is 0 Å². The fourth-order valence-electron chi connectivity index (χ4n) is 0.765. The van der Waals surface area contributed by atoms with Gasteiger partial charge in [-0.2, -0.15) is 0 Å². The van der Waals surface area contributed by atoms with Gasteiger partial charge in [-0.15, -0.1) is 0 Å². The quantitative estimate of drug-likeness (QED) is 0.442. The summed E-state index contributed by atoms with van der Waals surface area (Å²) in [5, 5.41) is 1.05. The molecule has 0 unspecified atom stereocenters. The van der Waals surface area contributed by atoms with Gasteiger partial charge in [-0.3, -0.25) is 0 Å². The average Bonchev–Trinajstić information content (AvgIpc) is 2.11. The third kappa shape index (κ3) is 3.18. The van der Waals surface area contributed by atoms with Crippen LogP contribution < -0.4 is 0 Å². The summed E-state index contributed by atoms with van der Waals surface area (Å²) in [6.45, 7) is 0. The van der Waals surface area contributed by atoms with Crippen molar-refractivity contribution in [1.82, 2.24) is 4.90 Å². The van der Waals surface area contributed by atoms with E-state index in [1.54, 1.807) is 12.1 Å². The predicted octanol–water partition coefficient (Wildman–Crippen LogP) is 2.71. The van der Waals surface area contributed by atoms with Gasteiger partial charge in [-0.25, -0.2) is 0 Å². The van der Waals surface area contributed by atoms with Crippen LogP contribution in [0.4, 0.5) is 5.69 Å². The van der Waals surface area contributed by atoms with Crippen molar-refractivity contribution < 1.29 is 0 Å². The summed E-state index contributed by atoms with van der Waals surface area (Å²) in [5.41, 5.74) is 0.779. The summed E-state index contributed by atoms with van der Waals surface area (Å²) in [7, 11) is 3.82. The van der Waals surface area contributed by atoms with Gasteiger partial charge in [0, 0.05) is 0 Å². The van der Waals surface area contributed by atoms with Gasteiger partial charge in [0.05, 0.1) is 0 Å². The molecule has 1 radical (unpaired) electrons. The van der Waals surface area contributed by atoms with Crippen LogP contribution in [0.1, 0.15) is 0 Å². The Morgan fingerprint density at radius 3 is 2.43 bits per heavy atom. The average molecular weight is 295 g/mol. The van der Waals surface area contributed by atoms with E-state index < -0.39 is 0 Å². The molecular formula is C9H9Cl2N2Se. The third-order valence-corrected chi connectivity index (χ3v) is 3.21. The standard InChI is InChI=1S/C9H9Cl2N2Se/c1-13(2)9(14)12-6-3-4-7(10)8(11)5-6/h3-5H,1-2H3. The van der Waals surface area contributed by atoms with Crippen molar-refractivity contribution in [3.8, 4) is 0 Å². The molecule has 0 saturated heterocycles. The number of aliphatic imine (C=N–C) groups is 1. The fraction of sp³-hybridized carbons (Fsp3) is 0.222. The number of hydrogen-bond donors (Lipinski definition) is 0. The molecule has 1 aromatic rings. The van der Waals surface area contributed by atoms with Crippen molar-refractivity contribution in [3.05, 3.63) is 28.2 Å². The first kappa shape index (κ1) is 11.9. The number of rotatable bonds is 1. The SMILES string of the molecule is CN(C)C([Se])=Nc1ccc(Cl)c(Cl)c1. The number of nitrogens with zero attached hydrogens (tertiary/aromatic N) is 2. The molecule has 0 saturated carbocycles. The van der Waals surface area contributed by atoms with E-state index >= 15 is 0 Å². The molecule has 0 heterocycles. The molecule has 0 atom stereocenters. The van der Waals surface area contributed by atoms with E-state index in [9.17, 15) is 0 Å². The van der Waals surface area contributed by atoms with E-state index in [0.29, 0.717) is 10.0 Å². The Bertz CT molecular complexity index is 364. The van der Waals surface area contributed by atoms with Crippen molar-refractivity contribution >= 4 is 49.6 Å². The van der Waals surface area contributed by atoms with Crippen molar-refractivity contribution in [1.29, 1.82) is 0 Å². The van der Waals surface area contributed by atoms with Crippen LogP contribution in [0.15, 0.2) is 23.2 Å². The minimum atomic E-state index is 0.513. The molecule has 0 N–H and O–H groups in total. The molecule has 5 heteroatoms. The Labute approximate surface area is 102 Å². The Hall–Kier alpha value is -0.211. The Kier molecular flexibility index (Phi) is 4.27. The zero-order valence-corrected chi connectivity index (χ0v) is 11.0. The molecule has 0 aliphatic heterocycles. The van der Waals surface area contributed by atoms with Crippen LogP contribution in [0, 0.1) is 0 Å². The molecule has 0 amide bonds. The molecule has 0 spiro atoms. The normalized spacial score (nSPS) is 11.6. The van der Waals surface area contributed by atoms with Gasteiger partial charge in [-0.05, 0) is 0 Å². The molecule has 2 nitrogen and oxygen atoms in total. The predicted molar refractivity (Wildman–Crippen MR) is 63.0 cm³/mol. The zero-order chi connectivity index (χ0) is 10.7. The molecule has 75 valence electrons. The first-order valence-electron chi connectivity index (χ1n) is 3.89. The Balaban J connectivity index is 2.98. The van der Waals surface area contributed by atoms with Gasteiger partial charge < -0.3 is 0 Å². The zero-order valence-electron chi connectivity index (χ0n) is 7.79. The van der Waals surface area contributed by atoms with Crippen molar-refractivity contribution in [3.63, 3.8) is 0 Å². The first-order valence-corrected chi connectivity index (χ1v) is 5.50. The number of hydrogen-bond acceptors (Lipinski definition) is 1. The summed E-state index contributed by atoms with van der Waals surface area (Å²) in [6.07, 6.45) is 0. The van der Waals surface area contributed by atoms with E-state index in [4.69, 9.17) is 23.2 Å². The van der Waals surface area contributed by atoms with Gasteiger partial charge in [0.1, 0.15) is 0 Å². The van der Waals surface area contributed by atoms with Crippen LogP contribution in [0.3, 0.4) is 0 Å². The summed E-state index contributed by atoms with van der Waals surface area (Å²) in [5.74, 6) is 0. The van der Waals surface area contributed by atoms with E-state index in [1.807, 2.05) is 25.1 Å². The van der Waals surface area contributed by atoms with Gasteiger partial charge in [-0.1, -0.05) is 0 Å². The van der Waals surface area contributed by atoms with E-state index in [-0.39, 0.29) is 0 Å². The summed E-state index contributed by atoms with van der Waals surface area (Å²) >= 11 is 14.5. The van der Waals surface area contributed by atoms with Crippen LogP contribution in [-0.4, -0.2) is 39.7 Å². The molecule has 14 heavy (non-hydrogen) atoms. The van der Waals surface area contributed by atoms with Crippen LogP contribution in [-0.2, 0) is 0 Å². The van der Waals surface area contributed by atoms with Gasteiger partial charge in [0.25, 0.3) is 0 Å². The molecule has 1 aromatic carbocycles. The van der Waals surface area contributed by atoms with Crippen LogP contribution >= 0.6 is 23.2 Å². The number of amidine groups is 1. The third-order valence-electron chi connectivity index (χ3n) is 1.51. The molecule has 0 aliphatic rings. The molecule has 0 bridgehead atoms. The maximum absolute atomic E-state index is 5.85. The first-order chi connectivity index (χ1) is 6.50. The topological polar surface area (TPSA) is 15.6 Å². The van der Waals surface area contributed by atoms with Crippen molar-refractivity contribution in [2.75, 3.05) is 14.1 Å². The van der Waals surface area contributed by atoms with Crippen LogP contribution in [0.5, 0.6) is 0 Å². The van der Waals surface area contributed by atoms with Crippen LogP contribution in [0.25, 0.3) is 0 Å². The molecule has 1 rings (SSSR count). The van der Waals surface area contributed by atoms with E-state index in [1.165, 1.54) is 0 Å². The molecule has 0 aromatic heterocycles. The second-order valence-corrected chi connectivity index (χ2v) is 4.47. The number of benzene rings is 1. The van der Waals surface area contributed by atoms with Gasteiger partial charge >= 0.3 is 102 Å². The number of halogens is 2. The van der Waals surface area contributed by atoms with E-state index in [2.05, 4.69) is 21.0 Å². The summed E-state index contributed by atoms with van der Waals surface area (Å²) < 4.78 is 0.795. The second-order valence-electron chi connectivity index (χ2n) is 2.89. The second kappa shape index (κ2) is 5.04. The Morgan fingerprint density at radius 1 is 1.29 bits per heavy atom. The summed E-state index contributed by atoms with van der Waals surface area (Å²) in [6, 6.07) is 5.27. The molecular weight excluding hydrogens is 286 g/mol. The fourth-order valence-corrected chi connectivity index (χ4v) is 1.28. The van der Waals surface area contributed by atoms with E-state index in [0.717, 1.165) is 10.4 Å². The van der Waals surface area contributed by atoms with Gasteiger partial charge in [0.15, 0.2) is 0 Å². The monoisotopic (exact) mass is 295 g/mol. The Morgan fingerprint density at radius 2 is 1.93 bits per heavy atom. The minimum absolute atomic E-state index is 0.513. The van der Waals surface area contributed by atoms with Crippen molar-refractivity contribution in [2.45, 2.75) is 0 Å². The summed E-state index contributed by atoms with van der Waals surface area (Å²) in [4.78, 5) is 6.18. The molecule has 0 fully saturated rings. The maximum atomic E-state index is 5.85. The molecule has 0 aliphatic carbocycles. The van der Waals surface area contributed by atoms with Crippen molar-refractivity contribution in [2.24, 2.45) is 4.99 Å². The van der Waals surface area contributed by atoms with Crippen LogP contribution in [0.2, 0.25) is 10.0 Å².